The van der Waals surface area contributed by atoms with E-state index in [9.17, 15) is 4.79 Å². The average molecular weight is 343 g/mol. The summed E-state index contributed by atoms with van der Waals surface area (Å²) in [5.74, 6) is 1.97. The van der Waals surface area contributed by atoms with Crippen molar-refractivity contribution in [2.24, 2.45) is 5.16 Å². The summed E-state index contributed by atoms with van der Waals surface area (Å²) in [7, 11) is 4.74. The fraction of sp³-hybridized carbons (Fsp3) is 0.263. The molecule has 0 amide bonds. The van der Waals surface area contributed by atoms with E-state index in [0.29, 0.717) is 22.8 Å². The maximum absolute atomic E-state index is 11.5. The van der Waals surface area contributed by atoms with Crippen LogP contribution in [0.25, 0.3) is 0 Å². The van der Waals surface area contributed by atoms with Gasteiger partial charge in [0.15, 0.2) is 5.78 Å². The van der Waals surface area contributed by atoms with Crippen molar-refractivity contribution in [1.29, 1.82) is 0 Å². The number of rotatable bonds is 8. The normalized spacial score (nSPS) is 10.6. The molecule has 0 bridgehead atoms. The van der Waals surface area contributed by atoms with Crippen LogP contribution < -0.4 is 14.2 Å². The predicted octanol–water partition coefficient (Wildman–Crippen LogP) is 3.47. The van der Waals surface area contributed by atoms with Gasteiger partial charge in [-0.3, -0.25) is 4.79 Å². The Balaban J connectivity index is 2.11. The number of ether oxygens (including phenoxy) is 3. The lowest BCUT2D eigenvalue weighted by Gasteiger charge is -2.09. The van der Waals surface area contributed by atoms with Crippen LogP contribution in [0.2, 0.25) is 0 Å². The highest BCUT2D eigenvalue weighted by atomic mass is 16.6. The Bertz CT molecular complexity index is 770. The summed E-state index contributed by atoms with van der Waals surface area (Å²) in [6.45, 7) is 1.69. The highest BCUT2D eigenvalue weighted by Gasteiger charge is 2.08. The van der Waals surface area contributed by atoms with Gasteiger partial charge in [-0.2, -0.15) is 0 Å². The van der Waals surface area contributed by atoms with E-state index >= 15 is 0 Å². The number of methoxy groups -OCH3 is 3. The van der Waals surface area contributed by atoms with Gasteiger partial charge in [0.05, 0.1) is 27.5 Å². The largest absolute Gasteiger partial charge is 0.497 e. The standard InChI is InChI=1S/C19H21NO5/c1-13(21)14-5-7-19(24-4)16(9-14)12-25-20-11-15-10-17(22-2)6-8-18(15)23-3/h5-11H,12H2,1-4H3/b20-11+. The maximum Gasteiger partial charge on any atom is 0.159 e. The molecule has 0 atom stereocenters. The first-order chi connectivity index (χ1) is 12.1. The van der Waals surface area contributed by atoms with E-state index in [4.69, 9.17) is 19.0 Å². The Kier molecular flexibility index (Phi) is 6.39. The van der Waals surface area contributed by atoms with Crippen molar-refractivity contribution >= 4 is 12.0 Å². The minimum atomic E-state index is -0.0199. The third-order valence-corrected chi connectivity index (χ3v) is 3.61. The number of ketones is 1. The highest BCUT2D eigenvalue weighted by Crippen LogP contribution is 2.23. The van der Waals surface area contributed by atoms with E-state index < -0.39 is 0 Å². The predicted molar refractivity (Wildman–Crippen MR) is 94.9 cm³/mol. The summed E-state index contributed by atoms with van der Waals surface area (Å²) in [5, 5.41) is 3.97. The van der Waals surface area contributed by atoms with Crippen LogP contribution in [0.3, 0.4) is 0 Å². The number of benzene rings is 2. The second kappa shape index (κ2) is 8.73. The fourth-order valence-electron chi connectivity index (χ4n) is 2.25. The Labute approximate surface area is 147 Å². The lowest BCUT2D eigenvalue weighted by atomic mass is 10.1. The molecule has 2 aromatic carbocycles. The number of carbonyl (C=O) groups excluding carboxylic acids is 1. The van der Waals surface area contributed by atoms with E-state index in [1.165, 1.54) is 6.92 Å². The summed E-state index contributed by atoms with van der Waals surface area (Å²) < 4.78 is 15.8. The van der Waals surface area contributed by atoms with Crippen LogP contribution in [0.1, 0.15) is 28.4 Å². The van der Waals surface area contributed by atoms with Gasteiger partial charge in [0.1, 0.15) is 23.9 Å². The molecule has 0 aliphatic carbocycles. The van der Waals surface area contributed by atoms with Gasteiger partial charge in [-0.05, 0) is 43.3 Å². The number of hydrogen-bond acceptors (Lipinski definition) is 6. The summed E-state index contributed by atoms with van der Waals surface area (Å²) in [5.41, 5.74) is 2.06. The average Bonchev–Trinajstić information content (AvgIpc) is 2.64. The smallest absolute Gasteiger partial charge is 0.159 e. The molecule has 25 heavy (non-hydrogen) atoms. The summed E-state index contributed by atoms with van der Waals surface area (Å²) in [6, 6.07) is 10.6. The minimum absolute atomic E-state index is 0.0199. The van der Waals surface area contributed by atoms with E-state index in [2.05, 4.69) is 5.16 Å². The molecule has 0 fully saturated rings. The first-order valence-corrected chi connectivity index (χ1v) is 7.64. The molecular formula is C19H21NO5. The number of oxime groups is 1. The number of carbonyl (C=O) groups is 1. The topological polar surface area (TPSA) is 66.3 Å². The lowest BCUT2D eigenvalue weighted by molar-refractivity contribution is 0.101. The molecule has 0 saturated heterocycles. The monoisotopic (exact) mass is 343 g/mol. The van der Waals surface area contributed by atoms with Crippen molar-refractivity contribution in [2.45, 2.75) is 13.5 Å². The maximum atomic E-state index is 11.5. The van der Waals surface area contributed by atoms with Crippen LogP contribution >= 0.6 is 0 Å². The van der Waals surface area contributed by atoms with Crippen molar-refractivity contribution in [3.8, 4) is 17.2 Å². The number of hydrogen-bond donors (Lipinski definition) is 0. The molecule has 0 aliphatic heterocycles. The van der Waals surface area contributed by atoms with Crippen molar-refractivity contribution < 1.29 is 23.8 Å². The quantitative estimate of drug-likeness (QED) is 0.417. The van der Waals surface area contributed by atoms with Crippen LogP contribution in [0.4, 0.5) is 0 Å². The Hall–Kier alpha value is -3.02. The zero-order valence-corrected chi connectivity index (χ0v) is 14.7. The molecule has 0 heterocycles. The molecule has 132 valence electrons. The summed E-state index contributed by atoms with van der Waals surface area (Å²) >= 11 is 0. The van der Waals surface area contributed by atoms with Crippen molar-refractivity contribution in [2.75, 3.05) is 21.3 Å². The van der Waals surface area contributed by atoms with Crippen molar-refractivity contribution in [1.82, 2.24) is 0 Å². The number of nitrogens with zero attached hydrogens (tertiary/aromatic N) is 1. The third-order valence-electron chi connectivity index (χ3n) is 3.61. The summed E-state index contributed by atoms with van der Waals surface area (Å²) in [4.78, 5) is 16.9. The molecule has 2 rings (SSSR count). The molecule has 0 unspecified atom stereocenters. The Morgan fingerprint density at radius 2 is 1.72 bits per heavy atom. The zero-order chi connectivity index (χ0) is 18.2. The lowest BCUT2D eigenvalue weighted by Crippen LogP contribution is -1.99. The zero-order valence-electron chi connectivity index (χ0n) is 14.7. The Morgan fingerprint density at radius 1 is 1.00 bits per heavy atom. The second-order valence-electron chi connectivity index (χ2n) is 5.20. The molecule has 0 aliphatic rings. The van der Waals surface area contributed by atoms with Gasteiger partial charge < -0.3 is 19.0 Å². The van der Waals surface area contributed by atoms with Gasteiger partial charge in [-0.15, -0.1) is 0 Å². The Morgan fingerprint density at radius 3 is 2.36 bits per heavy atom. The fourth-order valence-corrected chi connectivity index (χ4v) is 2.25. The molecular weight excluding hydrogens is 322 g/mol. The van der Waals surface area contributed by atoms with Gasteiger partial charge in [0.25, 0.3) is 0 Å². The molecule has 0 saturated carbocycles. The SMILES string of the molecule is COc1ccc(OC)c(/C=N/OCc2cc(C(C)=O)ccc2OC)c1. The molecule has 0 radical (unpaired) electrons. The van der Waals surface area contributed by atoms with Crippen molar-refractivity contribution in [3.63, 3.8) is 0 Å². The molecule has 0 N–H and O–H groups in total. The van der Waals surface area contributed by atoms with E-state index in [-0.39, 0.29) is 12.4 Å². The second-order valence-corrected chi connectivity index (χ2v) is 5.20. The van der Waals surface area contributed by atoms with Crippen LogP contribution in [0, 0.1) is 0 Å². The van der Waals surface area contributed by atoms with Crippen LogP contribution in [-0.4, -0.2) is 33.3 Å². The van der Waals surface area contributed by atoms with Gasteiger partial charge in [-0.25, -0.2) is 0 Å². The van der Waals surface area contributed by atoms with Crippen molar-refractivity contribution in [3.05, 3.63) is 53.1 Å². The molecule has 0 spiro atoms. The van der Waals surface area contributed by atoms with Crippen LogP contribution in [0.5, 0.6) is 17.2 Å². The van der Waals surface area contributed by atoms with Crippen LogP contribution in [-0.2, 0) is 11.4 Å². The van der Waals surface area contributed by atoms with Gasteiger partial charge in [0, 0.05) is 16.7 Å². The minimum Gasteiger partial charge on any atom is -0.497 e. The van der Waals surface area contributed by atoms with Gasteiger partial charge in [0.2, 0.25) is 0 Å². The van der Waals surface area contributed by atoms with E-state index in [1.807, 2.05) is 0 Å². The van der Waals surface area contributed by atoms with E-state index in [0.717, 1.165) is 11.1 Å². The first kappa shape index (κ1) is 18.3. The third kappa shape index (κ3) is 4.73. The molecule has 6 nitrogen and oxygen atoms in total. The van der Waals surface area contributed by atoms with Crippen LogP contribution in [0.15, 0.2) is 41.6 Å². The molecule has 6 heteroatoms. The summed E-state index contributed by atoms with van der Waals surface area (Å²) in [6.07, 6.45) is 1.54. The first-order valence-electron chi connectivity index (χ1n) is 7.64. The van der Waals surface area contributed by atoms with Gasteiger partial charge in [-0.1, -0.05) is 5.16 Å². The molecule has 2 aromatic rings. The number of Topliss-reactive ketones (excluding diaryl/α,β-unsaturated/α-hetero) is 1. The van der Waals surface area contributed by atoms with Gasteiger partial charge >= 0.3 is 0 Å². The van der Waals surface area contributed by atoms with E-state index in [1.54, 1.807) is 63.9 Å². The highest BCUT2D eigenvalue weighted by molar-refractivity contribution is 5.94. The molecule has 0 aromatic heterocycles.